The first-order valence-corrected chi connectivity index (χ1v) is 11.8. The van der Waals surface area contributed by atoms with Gasteiger partial charge in [-0.1, -0.05) is 22.9 Å². The number of fused-ring (bicyclic) bond motifs is 2. The van der Waals surface area contributed by atoms with Crippen molar-refractivity contribution in [2.45, 2.75) is 32.4 Å². The summed E-state index contributed by atoms with van der Waals surface area (Å²) in [7, 11) is 0. The molecule has 0 spiro atoms. The number of likely N-dealkylation sites (tertiary alicyclic amines) is 1. The maximum absolute atomic E-state index is 11.2. The van der Waals surface area contributed by atoms with Gasteiger partial charge in [0.1, 0.15) is 11.3 Å². The minimum Gasteiger partial charge on any atom is -0.483 e. The maximum Gasteiger partial charge on any atom is 0.290 e. The van der Waals surface area contributed by atoms with Crippen molar-refractivity contribution in [3.8, 4) is 10.9 Å². The Hall–Kier alpha value is -3.21. The second kappa shape index (κ2) is 10.8. The number of nitrogens with zero attached hydrogens (tertiary/aromatic N) is 3. The molecule has 4 aromatic rings. The molecule has 0 atom stereocenters. The number of hydrogen-bond acceptors (Lipinski definition) is 8. The van der Waals surface area contributed by atoms with Gasteiger partial charge in [-0.2, -0.15) is 4.98 Å². The number of hydrogen-bond donors (Lipinski definition) is 2. The topological polar surface area (TPSA) is 118 Å². The van der Waals surface area contributed by atoms with Crippen LogP contribution in [0.3, 0.4) is 0 Å². The van der Waals surface area contributed by atoms with Gasteiger partial charge in [-0.05, 0) is 31.0 Å². The van der Waals surface area contributed by atoms with Crippen LogP contribution in [0, 0.1) is 0 Å². The third-order valence-electron chi connectivity index (χ3n) is 5.42. The highest BCUT2D eigenvalue weighted by molar-refractivity contribution is 7.20. The molecule has 1 saturated heterocycles. The average molecular weight is 503 g/mol. The number of carbonyl (C=O) groups is 2. The van der Waals surface area contributed by atoms with E-state index < -0.39 is 0 Å². The molecule has 0 radical (unpaired) electrons. The monoisotopic (exact) mass is 502 g/mol. The van der Waals surface area contributed by atoms with E-state index in [1.165, 1.54) is 11.3 Å². The SMILES string of the molecule is CC(=O)NC1CCN(Cc2coc3cc(Oc4nc5ncc(Cl)cc5s4)ccc23)CC1.O=CO. The minimum atomic E-state index is -0.250. The normalized spacial score (nSPS) is 14.5. The Morgan fingerprint density at radius 3 is 2.88 bits per heavy atom. The molecule has 3 aromatic heterocycles. The molecule has 0 unspecified atom stereocenters. The molecule has 178 valence electrons. The maximum atomic E-state index is 11.2. The Bertz CT molecular complexity index is 1300. The van der Waals surface area contributed by atoms with E-state index in [1.807, 2.05) is 30.5 Å². The summed E-state index contributed by atoms with van der Waals surface area (Å²) in [5.41, 5.74) is 2.55. The van der Waals surface area contributed by atoms with Gasteiger partial charge in [-0.25, -0.2) is 4.98 Å². The summed E-state index contributed by atoms with van der Waals surface area (Å²) in [6, 6.07) is 7.94. The first-order valence-electron chi connectivity index (χ1n) is 10.6. The van der Waals surface area contributed by atoms with E-state index in [0.29, 0.717) is 21.6 Å². The molecule has 2 N–H and O–H groups in total. The number of aromatic nitrogens is 2. The van der Waals surface area contributed by atoms with E-state index in [-0.39, 0.29) is 18.4 Å². The predicted molar refractivity (Wildman–Crippen MR) is 130 cm³/mol. The Balaban J connectivity index is 0.000000868. The molecular weight excluding hydrogens is 480 g/mol. The number of piperidine rings is 1. The second-order valence-corrected chi connectivity index (χ2v) is 9.26. The molecule has 0 aliphatic carbocycles. The summed E-state index contributed by atoms with van der Waals surface area (Å²) in [4.78, 5) is 30.6. The number of benzene rings is 1. The highest BCUT2D eigenvalue weighted by Gasteiger charge is 2.21. The van der Waals surface area contributed by atoms with Crippen LogP contribution < -0.4 is 10.1 Å². The third kappa shape index (κ3) is 5.82. The zero-order chi connectivity index (χ0) is 24.1. The van der Waals surface area contributed by atoms with Crippen molar-refractivity contribution < 1.29 is 23.8 Å². The van der Waals surface area contributed by atoms with Crippen LogP contribution in [-0.2, 0) is 16.1 Å². The van der Waals surface area contributed by atoms with Crippen LogP contribution in [0.25, 0.3) is 21.3 Å². The summed E-state index contributed by atoms with van der Waals surface area (Å²) >= 11 is 7.40. The number of pyridine rings is 1. The fourth-order valence-electron chi connectivity index (χ4n) is 3.93. The summed E-state index contributed by atoms with van der Waals surface area (Å²) in [6.07, 6.45) is 5.33. The van der Waals surface area contributed by atoms with Gasteiger partial charge in [0, 0.05) is 55.8 Å². The van der Waals surface area contributed by atoms with Gasteiger partial charge in [-0.15, -0.1) is 0 Å². The Kier molecular flexibility index (Phi) is 7.61. The van der Waals surface area contributed by atoms with Crippen molar-refractivity contribution in [3.05, 3.63) is 47.3 Å². The highest BCUT2D eigenvalue weighted by Crippen LogP contribution is 2.34. The number of rotatable bonds is 5. The molecule has 5 rings (SSSR count). The standard InChI is InChI=1S/C22H21ClN4O3S.CH2O2/c1-13(28)25-16-4-6-27(7-5-16)11-14-12-29-19-9-17(2-3-18(14)19)30-22-26-21-20(31-22)8-15(23)10-24-21;2-1-3/h2-3,8-10,12,16H,4-7,11H2,1H3,(H,25,28);1H,(H,2,3). The summed E-state index contributed by atoms with van der Waals surface area (Å²) < 4.78 is 12.6. The van der Waals surface area contributed by atoms with Gasteiger partial charge >= 0.3 is 0 Å². The van der Waals surface area contributed by atoms with Gasteiger partial charge in [-0.3, -0.25) is 14.5 Å². The smallest absolute Gasteiger partial charge is 0.290 e. The lowest BCUT2D eigenvalue weighted by atomic mass is 10.0. The number of thiazole rings is 1. The van der Waals surface area contributed by atoms with E-state index in [4.69, 9.17) is 30.7 Å². The molecular formula is C23H23ClN4O5S. The van der Waals surface area contributed by atoms with Crippen LogP contribution in [0.2, 0.25) is 5.02 Å². The molecule has 0 saturated carbocycles. The third-order valence-corrected chi connectivity index (χ3v) is 6.49. The van der Waals surface area contributed by atoms with Gasteiger partial charge in [0.2, 0.25) is 5.91 Å². The zero-order valence-electron chi connectivity index (χ0n) is 18.4. The van der Waals surface area contributed by atoms with Crippen molar-refractivity contribution in [1.29, 1.82) is 0 Å². The number of amides is 1. The van der Waals surface area contributed by atoms with Crippen molar-refractivity contribution >= 4 is 56.6 Å². The fourth-order valence-corrected chi connectivity index (χ4v) is 4.99. The highest BCUT2D eigenvalue weighted by atomic mass is 35.5. The lowest BCUT2D eigenvalue weighted by molar-refractivity contribution is -0.123. The van der Waals surface area contributed by atoms with E-state index in [0.717, 1.165) is 53.7 Å². The molecule has 1 aromatic carbocycles. The molecule has 1 aliphatic heterocycles. The van der Waals surface area contributed by atoms with Crippen LogP contribution in [0.15, 0.2) is 41.1 Å². The number of furan rings is 1. The van der Waals surface area contributed by atoms with Crippen molar-refractivity contribution in [2.24, 2.45) is 0 Å². The van der Waals surface area contributed by atoms with E-state index >= 15 is 0 Å². The first-order chi connectivity index (χ1) is 16.4. The van der Waals surface area contributed by atoms with Crippen molar-refractivity contribution in [3.63, 3.8) is 0 Å². The molecule has 0 bridgehead atoms. The Labute approximate surface area is 204 Å². The quantitative estimate of drug-likeness (QED) is 0.377. The van der Waals surface area contributed by atoms with Crippen molar-refractivity contribution in [1.82, 2.24) is 20.2 Å². The van der Waals surface area contributed by atoms with Crippen LogP contribution in [0.5, 0.6) is 10.9 Å². The number of nitrogens with one attached hydrogen (secondary N) is 1. The van der Waals surface area contributed by atoms with Crippen LogP contribution in [0.4, 0.5) is 0 Å². The summed E-state index contributed by atoms with van der Waals surface area (Å²) in [6.45, 7) is 4.05. The molecule has 9 nitrogen and oxygen atoms in total. The zero-order valence-corrected chi connectivity index (χ0v) is 19.9. The molecule has 1 amide bonds. The summed E-state index contributed by atoms with van der Waals surface area (Å²) in [5.74, 6) is 0.706. The molecule has 4 heterocycles. The van der Waals surface area contributed by atoms with Gasteiger partial charge in [0.25, 0.3) is 11.7 Å². The molecule has 11 heteroatoms. The summed E-state index contributed by atoms with van der Waals surface area (Å²) in [5, 5.41) is 12.1. The number of carbonyl (C=O) groups excluding carboxylic acids is 1. The first kappa shape index (κ1) is 23.9. The van der Waals surface area contributed by atoms with Crippen LogP contribution in [-0.4, -0.2) is 51.5 Å². The predicted octanol–water partition coefficient (Wildman–Crippen LogP) is 4.68. The fraction of sp³-hybridized carbons (Fsp3) is 0.304. The van der Waals surface area contributed by atoms with Gasteiger partial charge in [0.15, 0.2) is 5.65 Å². The largest absolute Gasteiger partial charge is 0.483 e. The second-order valence-electron chi connectivity index (χ2n) is 7.83. The number of halogens is 1. The molecule has 1 aliphatic rings. The lowest BCUT2D eigenvalue weighted by Gasteiger charge is -2.31. The Morgan fingerprint density at radius 2 is 2.15 bits per heavy atom. The molecule has 1 fully saturated rings. The lowest BCUT2D eigenvalue weighted by Crippen LogP contribution is -2.43. The molecule has 34 heavy (non-hydrogen) atoms. The number of ether oxygens (including phenoxy) is 1. The van der Waals surface area contributed by atoms with E-state index in [9.17, 15) is 4.79 Å². The average Bonchev–Trinajstić information content (AvgIpc) is 3.38. The van der Waals surface area contributed by atoms with E-state index in [2.05, 4.69) is 20.2 Å². The Morgan fingerprint density at radius 1 is 1.38 bits per heavy atom. The van der Waals surface area contributed by atoms with Crippen LogP contribution in [0.1, 0.15) is 25.3 Å². The van der Waals surface area contributed by atoms with Crippen molar-refractivity contribution in [2.75, 3.05) is 13.1 Å². The van der Waals surface area contributed by atoms with E-state index in [1.54, 1.807) is 13.1 Å². The van der Waals surface area contributed by atoms with Gasteiger partial charge < -0.3 is 19.6 Å². The van der Waals surface area contributed by atoms with Gasteiger partial charge in [0.05, 0.1) is 16.0 Å². The minimum absolute atomic E-state index is 0.0446. The number of carboxylic acid groups (broad SMARTS) is 1. The van der Waals surface area contributed by atoms with Crippen LogP contribution >= 0.6 is 22.9 Å².